The van der Waals surface area contributed by atoms with Gasteiger partial charge in [0.15, 0.2) is 5.65 Å². The van der Waals surface area contributed by atoms with E-state index in [1.807, 2.05) is 0 Å². The molecule has 3 heterocycles. The van der Waals surface area contributed by atoms with Crippen LogP contribution in [0, 0.1) is 0 Å². The van der Waals surface area contributed by atoms with E-state index in [1.54, 1.807) is 4.90 Å². The fourth-order valence-electron chi connectivity index (χ4n) is 4.51. The lowest BCUT2D eigenvalue weighted by Crippen LogP contribution is -2.60. The van der Waals surface area contributed by atoms with Crippen molar-refractivity contribution in [2.75, 3.05) is 24.5 Å². The van der Waals surface area contributed by atoms with E-state index in [-0.39, 0.29) is 43.1 Å². The Morgan fingerprint density at radius 1 is 1.07 bits per heavy atom. The highest BCUT2D eigenvalue weighted by Gasteiger charge is 2.40. The minimum atomic E-state index is -4.07. The monoisotopic (exact) mass is 601 g/mol. The van der Waals surface area contributed by atoms with Gasteiger partial charge in [-0.15, -0.1) is 0 Å². The molecule has 10 nitrogen and oxygen atoms in total. The van der Waals surface area contributed by atoms with E-state index in [0.717, 1.165) is 4.31 Å². The zero-order valence-electron chi connectivity index (χ0n) is 21.9. The highest BCUT2D eigenvalue weighted by Crippen LogP contribution is 2.31. The summed E-state index contributed by atoms with van der Waals surface area (Å²) in [6.07, 6.45) is 4.08. The number of aromatic nitrogens is 4. The quantitative estimate of drug-likeness (QED) is 0.324. The number of carbonyl (C=O) groups excluding carboxylic acids is 1. The van der Waals surface area contributed by atoms with Crippen molar-refractivity contribution in [2.24, 2.45) is 0 Å². The Labute approximate surface area is 240 Å². The van der Waals surface area contributed by atoms with Gasteiger partial charge in [0.25, 0.3) is 5.92 Å². The van der Waals surface area contributed by atoms with Gasteiger partial charge in [-0.3, -0.25) is 4.79 Å². The Morgan fingerprint density at radius 3 is 2.51 bits per heavy atom. The number of nitrogens with one attached hydrogen (secondary N) is 1. The summed E-state index contributed by atoms with van der Waals surface area (Å²) in [7, 11) is -4.07. The van der Waals surface area contributed by atoms with Crippen molar-refractivity contribution in [2.45, 2.75) is 36.7 Å². The van der Waals surface area contributed by atoms with Gasteiger partial charge in [-0.05, 0) is 29.8 Å². The minimum absolute atomic E-state index is 0.00258. The van der Waals surface area contributed by atoms with Gasteiger partial charge in [-0.25, -0.2) is 37.1 Å². The molecule has 0 aliphatic carbocycles. The first-order valence-corrected chi connectivity index (χ1v) is 14.6. The number of amides is 1. The fraction of sp³-hybridized carbons (Fsp3) is 0.296. The molecule has 1 fully saturated rings. The number of alkyl halides is 2. The number of piperazine rings is 1. The van der Waals surface area contributed by atoms with Gasteiger partial charge in [0.2, 0.25) is 15.9 Å². The van der Waals surface area contributed by atoms with Gasteiger partial charge in [-0.1, -0.05) is 42.8 Å². The Morgan fingerprint density at radius 2 is 1.80 bits per heavy atom. The lowest BCUT2D eigenvalue weighted by Gasteiger charge is -2.40. The first-order chi connectivity index (χ1) is 19.6. The van der Waals surface area contributed by atoms with Crippen molar-refractivity contribution in [3.63, 3.8) is 0 Å². The number of hydrogen-bond donors (Lipinski definition) is 1. The molecule has 0 radical (unpaired) electrons. The molecule has 41 heavy (non-hydrogen) atoms. The summed E-state index contributed by atoms with van der Waals surface area (Å²) in [5, 5.41) is 3.15. The van der Waals surface area contributed by atoms with Crippen molar-refractivity contribution in [1.29, 1.82) is 0 Å². The van der Waals surface area contributed by atoms with Crippen LogP contribution < -0.4 is 10.2 Å². The van der Waals surface area contributed by atoms with Gasteiger partial charge < -0.3 is 10.2 Å². The number of fused-ring (bicyclic) bond motifs is 1. The van der Waals surface area contributed by atoms with Crippen LogP contribution in [0.3, 0.4) is 0 Å². The normalized spacial score (nSPS) is 16.6. The standard InChI is InChI=1S/C27H26ClF2N7O3S/c1-2-27(29,30)19-5-3-18(4-6-19)13-33-26(38)23-16-36(24-15-32-22-14-31-17-34-25(22)35-24)11-12-37(23)41(39,40)21-9-7-20(28)8-10-21/h3-10,14-15,17,23H,2,11-13,16H2,1H3,(H,33,38)/t23-/m1/s1. The number of rotatable bonds is 8. The maximum absolute atomic E-state index is 14.0. The molecule has 2 aromatic carbocycles. The average Bonchev–Trinajstić information content (AvgIpc) is 2.99. The second kappa shape index (κ2) is 11.6. The third kappa shape index (κ3) is 6.11. The molecule has 0 spiro atoms. The molecule has 4 aromatic rings. The summed E-state index contributed by atoms with van der Waals surface area (Å²) < 4.78 is 56.4. The predicted octanol–water partition coefficient (Wildman–Crippen LogP) is 3.77. The number of halogens is 3. The van der Waals surface area contributed by atoms with E-state index in [0.29, 0.717) is 27.6 Å². The van der Waals surface area contributed by atoms with Crippen LogP contribution in [0.15, 0.2) is 72.1 Å². The molecule has 1 amide bonds. The van der Waals surface area contributed by atoms with Crippen molar-refractivity contribution in [3.8, 4) is 0 Å². The van der Waals surface area contributed by atoms with Crippen molar-refractivity contribution < 1.29 is 22.0 Å². The zero-order chi connectivity index (χ0) is 29.2. The summed E-state index contributed by atoms with van der Waals surface area (Å²) >= 11 is 5.95. The first-order valence-electron chi connectivity index (χ1n) is 12.8. The summed E-state index contributed by atoms with van der Waals surface area (Å²) in [6.45, 7) is 1.66. The maximum atomic E-state index is 14.0. The Balaban J connectivity index is 1.40. The van der Waals surface area contributed by atoms with E-state index in [1.165, 1.54) is 74.2 Å². The molecule has 214 valence electrons. The molecular weight excluding hydrogens is 576 g/mol. The van der Waals surface area contributed by atoms with Crippen LogP contribution in [-0.4, -0.2) is 64.2 Å². The Bertz CT molecular complexity index is 1660. The number of anilines is 1. The average molecular weight is 602 g/mol. The molecule has 1 atom stereocenters. The molecule has 0 saturated carbocycles. The summed E-state index contributed by atoms with van der Waals surface area (Å²) in [6, 6.07) is 10.3. The number of carbonyl (C=O) groups is 1. The smallest absolute Gasteiger partial charge is 0.273 e. The van der Waals surface area contributed by atoms with Gasteiger partial charge in [0.05, 0.1) is 17.3 Å². The SMILES string of the molecule is CCC(F)(F)c1ccc(CNC(=O)[C@H]2CN(c3cnc4cncnc4n3)CCN2S(=O)(=O)c2ccc(Cl)cc2)cc1. The largest absolute Gasteiger partial charge is 0.352 e. The van der Waals surface area contributed by atoms with E-state index in [2.05, 4.69) is 25.3 Å². The van der Waals surface area contributed by atoms with E-state index >= 15 is 0 Å². The molecule has 2 aromatic heterocycles. The number of nitrogens with zero attached hydrogens (tertiary/aromatic N) is 6. The van der Waals surface area contributed by atoms with Crippen LogP contribution in [0.5, 0.6) is 0 Å². The van der Waals surface area contributed by atoms with Crippen LogP contribution in [0.1, 0.15) is 24.5 Å². The molecule has 1 N–H and O–H groups in total. The number of sulfonamides is 1. The van der Waals surface area contributed by atoms with Gasteiger partial charge in [0, 0.05) is 43.2 Å². The predicted molar refractivity (Wildman–Crippen MR) is 149 cm³/mol. The van der Waals surface area contributed by atoms with Crippen LogP contribution in [-0.2, 0) is 27.3 Å². The maximum Gasteiger partial charge on any atom is 0.273 e. The lowest BCUT2D eigenvalue weighted by molar-refractivity contribution is -0.125. The number of benzene rings is 2. The van der Waals surface area contributed by atoms with Crippen molar-refractivity contribution >= 4 is 44.5 Å². The van der Waals surface area contributed by atoms with Gasteiger partial charge >= 0.3 is 0 Å². The molecular formula is C27H26ClF2N7O3S. The van der Waals surface area contributed by atoms with Crippen molar-refractivity contribution in [3.05, 3.63) is 83.4 Å². The molecule has 0 unspecified atom stereocenters. The van der Waals surface area contributed by atoms with Crippen LogP contribution in [0.2, 0.25) is 5.02 Å². The molecule has 1 saturated heterocycles. The molecule has 1 aliphatic rings. The molecule has 5 rings (SSSR count). The third-order valence-electron chi connectivity index (χ3n) is 6.88. The Kier molecular flexibility index (Phi) is 8.11. The van der Waals surface area contributed by atoms with E-state index < -0.39 is 27.9 Å². The second-order valence-electron chi connectivity index (χ2n) is 9.46. The highest BCUT2D eigenvalue weighted by molar-refractivity contribution is 7.89. The third-order valence-corrected chi connectivity index (χ3v) is 9.05. The molecule has 14 heteroatoms. The van der Waals surface area contributed by atoms with Crippen LogP contribution in [0.4, 0.5) is 14.6 Å². The van der Waals surface area contributed by atoms with Crippen molar-refractivity contribution in [1.82, 2.24) is 29.6 Å². The molecule has 0 bridgehead atoms. The minimum Gasteiger partial charge on any atom is -0.352 e. The van der Waals surface area contributed by atoms with E-state index in [4.69, 9.17) is 11.6 Å². The topological polar surface area (TPSA) is 121 Å². The number of hydrogen-bond acceptors (Lipinski definition) is 8. The zero-order valence-corrected chi connectivity index (χ0v) is 23.5. The van der Waals surface area contributed by atoms with Gasteiger partial charge in [0.1, 0.15) is 23.7 Å². The Hall–Kier alpha value is -3.81. The lowest BCUT2D eigenvalue weighted by atomic mass is 10.0. The highest BCUT2D eigenvalue weighted by atomic mass is 35.5. The summed E-state index contributed by atoms with van der Waals surface area (Å²) in [5.74, 6) is -3.06. The van der Waals surface area contributed by atoms with E-state index in [9.17, 15) is 22.0 Å². The van der Waals surface area contributed by atoms with Crippen LogP contribution in [0.25, 0.3) is 11.2 Å². The summed E-state index contributed by atoms with van der Waals surface area (Å²) in [5.41, 5.74) is 1.35. The summed E-state index contributed by atoms with van der Waals surface area (Å²) in [4.78, 5) is 32.2. The second-order valence-corrected chi connectivity index (χ2v) is 11.8. The fourth-order valence-corrected chi connectivity index (χ4v) is 6.20. The van der Waals surface area contributed by atoms with Crippen LogP contribution >= 0.6 is 11.6 Å². The molecule has 1 aliphatic heterocycles. The van der Waals surface area contributed by atoms with Gasteiger partial charge in [-0.2, -0.15) is 4.31 Å². The first kappa shape index (κ1) is 28.7.